The van der Waals surface area contributed by atoms with Crippen LogP contribution >= 0.6 is 11.6 Å². The number of hydrogen-bond acceptors (Lipinski definition) is 4. The molecule has 1 N–H and O–H groups in total. The number of carbonyl (C=O) groups is 2. The van der Waals surface area contributed by atoms with Crippen LogP contribution in [0.25, 0.3) is 0 Å². The Morgan fingerprint density at radius 3 is 2.13 bits per heavy atom. The molecule has 0 aliphatic heterocycles. The number of amides is 2. The molecule has 0 saturated carbocycles. The predicted molar refractivity (Wildman–Crippen MR) is 151 cm³/mol. The molecule has 3 aromatic rings. The van der Waals surface area contributed by atoms with Crippen molar-refractivity contribution >= 4 is 39.1 Å². The van der Waals surface area contributed by atoms with Crippen molar-refractivity contribution in [3.05, 3.63) is 95.0 Å². The molecule has 0 aliphatic rings. The van der Waals surface area contributed by atoms with E-state index in [4.69, 9.17) is 11.6 Å². The van der Waals surface area contributed by atoms with Crippen LogP contribution in [0.5, 0.6) is 0 Å². The van der Waals surface area contributed by atoms with Gasteiger partial charge >= 0.3 is 0 Å². The summed E-state index contributed by atoms with van der Waals surface area (Å²) < 4.78 is 28.5. The first-order chi connectivity index (χ1) is 18.0. The van der Waals surface area contributed by atoms with Crippen molar-refractivity contribution in [3.8, 4) is 0 Å². The van der Waals surface area contributed by atoms with Crippen LogP contribution in [0.15, 0.2) is 83.8 Å². The van der Waals surface area contributed by atoms with Gasteiger partial charge in [-0.3, -0.25) is 13.9 Å². The molecule has 3 aromatic carbocycles. The van der Waals surface area contributed by atoms with Crippen LogP contribution in [0.4, 0.5) is 5.69 Å². The quantitative estimate of drug-likeness (QED) is 0.359. The highest BCUT2D eigenvalue weighted by molar-refractivity contribution is 7.92. The fourth-order valence-corrected chi connectivity index (χ4v) is 5.64. The Balaban J connectivity index is 2.02. The number of para-hydroxylation sites is 1. The topological polar surface area (TPSA) is 86.8 Å². The fraction of sp³-hybridized carbons (Fsp3) is 0.310. The number of benzene rings is 3. The lowest BCUT2D eigenvalue weighted by Gasteiger charge is -2.32. The maximum atomic E-state index is 13.9. The Bertz CT molecular complexity index is 1360. The van der Waals surface area contributed by atoms with Crippen molar-refractivity contribution < 1.29 is 18.0 Å². The molecule has 0 spiro atoms. The predicted octanol–water partition coefficient (Wildman–Crippen LogP) is 5.03. The number of halogens is 1. The average Bonchev–Trinajstić information content (AvgIpc) is 2.90. The lowest BCUT2D eigenvalue weighted by molar-refractivity contribution is -0.139. The fourth-order valence-electron chi connectivity index (χ4n) is 3.89. The molecular weight excluding hydrogens is 522 g/mol. The zero-order chi connectivity index (χ0) is 27.9. The van der Waals surface area contributed by atoms with Crippen LogP contribution in [-0.2, 0) is 26.2 Å². The Kier molecular flexibility index (Phi) is 9.94. The van der Waals surface area contributed by atoms with Crippen LogP contribution in [0.3, 0.4) is 0 Å². The Labute approximate surface area is 230 Å². The molecule has 0 saturated heterocycles. The summed E-state index contributed by atoms with van der Waals surface area (Å²) in [4.78, 5) is 28.4. The summed E-state index contributed by atoms with van der Waals surface area (Å²) in [6, 6.07) is 21.1. The zero-order valence-electron chi connectivity index (χ0n) is 22.1. The van der Waals surface area contributed by atoms with E-state index in [1.165, 1.54) is 17.0 Å². The molecular formula is C29H34ClN3O4S. The Hall–Kier alpha value is -3.36. The van der Waals surface area contributed by atoms with Crippen LogP contribution in [0.1, 0.15) is 31.9 Å². The first kappa shape index (κ1) is 29.2. The molecule has 1 atom stereocenters. The second-order valence-electron chi connectivity index (χ2n) is 9.54. The van der Waals surface area contributed by atoms with Gasteiger partial charge < -0.3 is 10.2 Å². The van der Waals surface area contributed by atoms with E-state index >= 15 is 0 Å². The van der Waals surface area contributed by atoms with E-state index < -0.39 is 28.5 Å². The standard InChI is InChI=1S/C29H34ClN3O4S/c1-21(2)18-31-29(35)23(4)32(19-24-13-9-8-12-22(24)3)28(34)20-33(27-17-11-10-16-26(27)30)38(36,37)25-14-6-5-7-15-25/h5-17,21,23H,18-20H2,1-4H3,(H,31,35)/t23-/m0/s1. The number of anilines is 1. The van der Waals surface area contributed by atoms with Gasteiger partial charge in [0.25, 0.3) is 10.0 Å². The third-order valence-electron chi connectivity index (χ3n) is 6.18. The van der Waals surface area contributed by atoms with E-state index in [-0.39, 0.29) is 34.0 Å². The van der Waals surface area contributed by atoms with Gasteiger partial charge in [-0.1, -0.05) is 80.0 Å². The minimum Gasteiger partial charge on any atom is -0.354 e. The van der Waals surface area contributed by atoms with Gasteiger partial charge in [0.05, 0.1) is 15.6 Å². The van der Waals surface area contributed by atoms with Gasteiger partial charge in [-0.15, -0.1) is 0 Å². The summed E-state index contributed by atoms with van der Waals surface area (Å²) in [7, 11) is -4.15. The molecule has 0 aromatic heterocycles. The number of nitrogens with zero attached hydrogens (tertiary/aromatic N) is 2. The molecule has 0 aliphatic carbocycles. The summed E-state index contributed by atoms with van der Waals surface area (Å²) in [5.41, 5.74) is 2.00. The molecule has 9 heteroatoms. The molecule has 3 rings (SSSR count). The molecule has 2 amide bonds. The van der Waals surface area contributed by atoms with Crippen molar-refractivity contribution in [2.45, 2.75) is 45.2 Å². The average molecular weight is 556 g/mol. The number of aryl methyl sites for hydroxylation is 1. The lowest BCUT2D eigenvalue weighted by Crippen LogP contribution is -2.51. The SMILES string of the molecule is Cc1ccccc1CN(C(=O)CN(c1ccccc1Cl)S(=O)(=O)c1ccccc1)[C@@H](C)C(=O)NCC(C)C. The van der Waals surface area contributed by atoms with Gasteiger partial charge in [-0.25, -0.2) is 8.42 Å². The molecule has 38 heavy (non-hydrogen) atoms. The van der Waals surface area contributed by atoms with E-state index in [2.05, 4.69) is 5.32 Å². The van der Waals surface area contributed by atoms with Crippen molar-refractivity contribution in [1.82, 2.24) is 10.2 Å². The second-order valence-corrected chi connectivity index (χ2v) is 11.8. The van der Waals surface area contributed by atoms with Crippen LogP contribution in [0, 0.1) is 12.8 Å². The van der Waals surface area contributed by atoms with Crippen molar-refractivity contribution in [2.24, 2.45) is 5.92 Å². The normalized spacial score (nSPS) is 12.2. The van der Waals surface area contributed by atoms with Gasteiger partial charge in [0.2, 0.25) is 11.8 Å². The smallest absolute Gasteiger partial charge is 0.264 e. The number of nitrogens with one attached hydrogen (secondary N) is 1. The molecule has 202 valence electrons. The van der Waals surface area contributed by atoms with Crippen molar-refractivity contribution in [3.63, 3.8) is 0 Å². The lowest BCUT2D eigenvalue weighted by atomic mass is 10.1. The summed E-state index contributed by atoms with van der Waals surface area (Å²) in [6.45, 7) is 7.62. The molecule has 0 fully saturated rings. The number of rotatable bonds is 11. The van der Waals surface area contributed by atoms with Gasteiger partial charge in [0, 0.05) is 13.1 Å². The highest BCUT2D eigenvalue weighted by Crippen LogP contribution is 2.30. The maximum absolute atomic E-state index is 13.9. The first-order valence-electron chi connectivity index (χ1n) is 12.5. The third-order valence-corrected chi connectivity index (χ3v) is 8.28. The third kappa shape index (κ3) is 7.14. The summed E-state index contributed by atoms with van der Waals surface area (Å²) in [5, 5.41) is 3.07. The molecule has 0 radical (unpaired) electrons. The molecule has 0 unspecified atom stereocenters. The molecule has 0 bridgehead atoms. The van der Waals surface area contributed by atoms with Gasteiger partial charge in [0.15, 0.2) is 0 Å². The Morgan fingerprint density at radius 2 is 1.50 bits per heavy atom. The van der Waals surface area contributed by atoms with Crippen LogP contribution in [-0.4, -0.2) is 44.3 Å². The summed E-state index contributed by atoms with van der Waals surface area (Å²) in [6.07, 6.45) is 0. The first-order valence-corrected chi connectivity index (χ1v) is 14.3. The van der Waals surface area contributed by atoms with E-state index in [1.54, 1.807) is 49.4 Å². The van der Waals surface area contributed by atoms with Gasteiger partial charge in [-0.2, -0.15) is 0 Å². The largest absolute Gasteiger partial charge is 0.354 e. The zero-order valence-corrected chi connectivity index (χ0v) is 23.7. The minimum atomic E-state index is -4.15. The van der Waals surface area contributed by atoms with Crippen molar-refractivity contribution in [2.75, 3.05) is 17.4 Å². The van der Waals surface area contributed by atoms with Gasteiger partial charge in [-0.05, 0) is 55.2 Å². The number of hydrogen-bond donors (Lipinski definition) is 1. The highest BCUT2D eigenvalue weighted by atomic mass is 35.5. The second kappa shape index (κ2) is 12.9. The summed E-state index contributed by atoms with van der Waals surface area (Å²) >= 11 is 6.41. The van der Waals surface area contributed by atoms with Gasteiger partial charge in [0.1, 0.15) is 12.6 Å². The minimum absolute atomic E-state index is 0.0286. The monoisotopic (exact) mass is 555 g/mol. The molecule has 0 heterocycles. The van der Waals surface area contributed by atoms with Crippen LogP contribution < -0.4 is 9.62 Å². The number of sulfonamides is 1. The van der Waals surface area contributed by atoms with E-state index in [9.17, 15) is 18.0 Å². The van der Waals surface area contributed by atoms with E-state index in [0.717, 1.165) is 15.4 Å². The van der Waals surface area contributed by atoms with E-state index in [1.807, 2.05) is 45.0 Å². The number of carbonyl (C=O) groups excluding carboxylic acids is 2. The Morgan fingerprint density at radius 1 is 0.895 bits per heavy atom. The highest BCUT2D eigenvalue weighted by Gasteiger charge is 2.33. The van der Waals surface area contributed by atoms with E-state index in [0.29, 0.717) is 6.54 Å². The van der Waals surface area contributed by atoms with Crippen LogP contribution in [0.2, 0.25) is 5.02 Å². The molecule has 7 nitrogen and oxygen atoms in total. The summed E-state index contributed by atoms with van der Waals surface area (Å²) in [5.74, 6) is -0.603. The maximum Gasteiger partial charge on any atom is 0.264 e. The van der Waals surface area contributed by atoms with Crippen molar-refractivity contribution in [1.29, 1.82) is 0 Å².